The van der Waals surface area contributed by atoms with Crippen molar-refractivity contribution in [2.45, 2.75) is 72.5 Å². The van der Waals surface area contributed by atoms with Gasteiger partial charge in [-0.2, -0.15) is 0 Å². The zero-order chi connectivity index (χ0) is 32.8. The second kappa shape index (κ2) is 13.8. The highest BCUT2D eigenvalue weighted by atomic mass is 28.4. The van der Waals surface area contributed by atoms with Crippen molar-refractivity contribution in [1.82, 2.24) is 0 Å². The first-order valence-electron chi connectivity index (χ1n) is 15.3. The average molecular weight is 622 g/mol. The minimum Gasteiger partial charge on any atom is -0.458 e. The van der Waals surface area contributed by atoms with Gasteiger partial charge in [-0.1, -0.05) is 113 Å². The summed E-state index contributed by atoms with van der Waals surface area (Å²) in [5, 5.41) is 13.3. The van der Waals surface area contributed by atoms with Crippen molar-refractivity contribution in [3.8, 4) is 11.8 Å². The summed E-state index contributed by atoms with van der Waals surface area (Å²) in [6, 6.07) is 26.9. The summed E-state index contributed by atoms with van der Waals surface area (Å²) in [6.07, 6.45) is 3.49. The molecule has 0 aromatic heterocycles. The number of nitro benzene ring substituents is 1. The van der Waals surface area contributed by atoms with Gasteiger partial charge in [0.05, 0.1) is 16.6 Å². The summed E-state index contributed by atoms with van der Waals surface area (Å²) < 4.78 is 12.8. The summed E-state index contributed by atoms with van der Waals surface area (Å²) in [7, 11) is -2.68. The molecule has 1 aliphatic rings. The van der Waals surface area contributed by atoms with Crippen LogP contribution in [-0.2, 0) is 9.16 Å². The molecule has 0 amide bonds. The maximum atomic E-state index is 12.3. The van der Waals surface area contributed by atoms with E-state index < -0.39 is 19.2 Å². The zero-order valence-electron chi connectivity index (χ0n) is 27.3. The lowest BCUT2D eigenvalue weighted by Gasteiger charge is -2.47. The van der Waals surface area contributed by atoms with E-state index in [4.69, 9.17) is 9.16 Å². The predicted molar refractivity (Wildman–Crippen MR) is 183 cm³/mol. The molecule has 0 fully saturated rings. The van der Waals surface area contributed by atoms with Crippen LogP contribution in [0.5, 0.6) is 0 Å². The summed E-state index contributed by atoms with van der Waals surface area (Å²) in [5.41, 5.74) is 3.16. The molecular weight excluding hydrogens is 579 g/mol. The predicted octanol–water partition coefficient (Wildman–Crippen LogP) is 7.78. The molecule has 0 N–H and O–H groups in total. The molecule has 4 rings (SSSR count). The summed E-state index contributed by atoms with van der Waals surface area (Å²) >= 11 is 0. The van der Waals surface area contributed by atoms with E-state index in [-0.39, 0.29) is 34.4 Å². The van der Waals surface area contributed by atoms with Crippen molar-refractivity contribution in [2.24, 2.45) is 5.41 Å². The number of benzene rings is 3. The number of carbonyl (C=O) groups is 1. The number of hydrogen-bond acceptors (Lipinski definition) is 5. The molecule has 0 unspecified atom stereocenters. The van der Waals surface area contributed by atoms with Gasteiger partial charge >= 0.3 is 5.97 Å². The van der Waals surface area contributed by atoms with Crippen molar-refractivity contribution in [1.29, 1.82) is 0 Å². The fourth-order valence-electron chi connectivity index (χ4n) is 6.32. The fourth-order valence-corrected chi connectivity index (χ4v) is 11.0. The Morgan fingerprint density at radius 1 is 1.00 bits per heavy atom. The highest BCUT2D eigenvalue weighted by Crippen LogP contribution is 2.45. The third kappa shape index (κ3) is 7.70. The van der Waals surface area contributed by atoms with E-state index >= 15 is 0 Å². The Bertz CT molecular complexity index is 1600. The Hall–Kier alpha value is -4.25. The van der Waals surface area contributed by atoms with Crippen LogP contribution in [0.25, 0.3) is 0 Å². The number of esters is 1. The third-order valence-corrected chi connectivity index (χ3v) is 13.5. The van der Waals surface area contributed by atoms with Crippen LogP contribution in [0.2, 0.25) is 5.04 Å². The van der Waals surface area contributed by atoms with Crippen LogP contribution in [0.1, 0.15) is 71.7 Å². The van der Waals surface area contributed by atoms with Crippen molar-refractivity contribution < 1.29 is 18.9 Å². The highest BCUT2D eigenvalue weighted by Gasteiger charge is 2.52. The number of allylic oxidation sites excluding steroid dienone is 2. The number of non-ortho nitro benzene ring substituents is 1. The largest absolute Gasteiger partial charge is 0.458 e. The molecule has 3 aromatic rings. The van der Waals surface area contributed by atoms with Gasteiger partial charge in [0.1, 0.15) is 6.61 Å². The Morgan fingerprint density at radius 2 is 1.56 bits per heavy atom. The first kappa shape index (κ1) is 33.6. The molecule has 0 bridgehead atoms. The van der Waals surface area contributed by atoms with E-state index in [1.54, 1.807) is 6.08 Å². The first-order valence-corrected chi connectivity index (χ1v) is 17.2. The smallest absolute Gasteiger partial charge is 0.338 e. The molecule has 0 heterocycles. The average Bonchev–Trinajstić information content (AvgIpc) is 2.99. The molecule has 0 saturated carbocycles. The van der Waals surface area contributed by atoms with Crippen LogP contribution in [0.4, 0.5) is 5.69 Å². The molecule has 1 aliphatic carbocycles. The lowest BCUT2D eigenvalue weighted by atomic mass is 9.72. The highest BCUT2D eigenvalue weighted by molar-refractivity contribution is 6.99. The SMILES string of the molecule is CC1=C(C#C/C(C)=C/COC(=O)c2ccc([N+](=O)[O-])cc2)C(C)(C)C[C@@H](O[Si](c2ccccc2)(c2ccccc2)C(C)(C)C)C1. The molecule has 0 aliphatic heterocycles. The normalized spacial score (nSPS) is 16.9. The van der Waals surface area contributed by atoms with Crippen LogP contribution in [0.3, 0.4) is 0 Å². The van der Waals surface area contributed by atoms with Gasteiger partial charge in [0.25, 0.3) is 14.0 Å². The van der Waals surface area contributed by atoms with Crippen LogP contribution < -0.4 is 10.4 Å². The molecule has 0 saturated heterocycles. The van der Waals surface area contributed by atoms with Gasteiger partial charge in [0.15, 0.2) is 0 Å². The van der Waals surface area contributed by atoms with Gasteiger partial charge in [-0.15, -0.1) is 0 Å². The van der Waals surface area contributed by atoms with Crippen LogP contribution in [0.15, 0.2) is 108 Å². The molecule has 3 aromatic carbocycles. The van der Waals surface area contributed by atoms with Gasteiger partial charge in [-0.05, 0) is 71.3 Å². The maximum absolute atomic E-state index is 12.3. The molecule has 7 heteroatoms. The third-order valence-electron chi connectivity index (χ3n) is 8.44. The van der Waals surface area contributed by atoms with Gasteiger partial charge in [0, 0.05) is 17.7 Å². The Morgan fingerprint density at radius 3 is 2.04 bits per heavy atom. The molecule has 6 nitrogen and oxygen atoms in total. The van der Waals surface area contributed by atoms with Crippen LogP contribution in [0, 0.1) is 27.4 Å². The van der Waals surface area contributed by atoms with Crippen LogP contribution >= 0.6 is 0 Å². The first-order chi connectivity index (χ1) is 21.2. The minimum atomic E-state index is -2.68. The van der Waals surface area contributed by atoms with E-state index in [0.29, 0.717) is 0 Å². The standard InChI is InChI=1S/C38H43NO5Si/c1-28(24-25-43-36(40)30-19-21-31(22-20-30)39(41)42)18-23-35-29(2)26-32(27-38(35,6)7)44-45(37(3,4)5,33-14-10-8-11-15-33)34-16-12-9-13-17-34/h8-17,19-22,24,32H,25-27H2,1-7H3/b28-24+/t32-/m0/s1. The quantitative estimate of drug-likeness (QED) is 0.0844. The number of carbonyl (C=O) groups excluding carboxylic acids is 1. The number of nitrogens with zero attached hydrogens (tertiary/aromatic N) is 1. The van der Waals surface area contributed by atoms with Crippen LogP contribution in [-0.4, -0.2) is 31.9 Å². The van der Waals surface area contributed by atoms with E-state index in [0.717, 1.165) is 24.0 Å². The van der Waals surface area contributed by atoms with E-state index in [1.165, 1.54) is 40.2 Å². The molecule has 0 radical (unpaired) electrons. The second-order valence-corrected chi connectivity index (χ2v) is 17.6. The summed E-state index contributed by atoms with van der Waals surface area (Å²) in [4.78, 5) is 22.7. The number of nitro groups is 1. The zero-order valence-corrected chi connectivity index (χ0v) is 28.3. The minimum absolute atomic E-state index is 0.0485. The molecular formula is C38H43NO5Si. The number of ether oxygens (including phenoxy) is 1. The molecule has 1 atom stereocenters. The molecule has 45 heavy (non-hydrogen) atoms. The van der Waals surface area contributed by atoms with E-state index in [2.05, 4.69) is 114 Å². The van der Waals surface area contributed by atoms with Gasteiger partial charge < -0.3 is 9.16 Å². The lowest BCUT2D eigenvalue weighted by Crippen LogP contribution is -2.68. The Kier molecular flexibility index (Phi) is 10.3. The van der Waals surface area contributed by atoms with Gasteiger partial charge in [0.2, 0.25) is 0 Å². The summed E-state index contributed by atoms with van der Waals surface area (Å²) in [6.45, 7) is 15.5. The number of rotatable bonds is 8. The van der Waals surface area contributed by atoms with Crippen molar-refractivity contribution >= 4 is 30.3 Å². The molecule has 234 valence electrons. The van der Waals surface area contributed by atoms with Crippen molar-refractivity contribution in [2.75, 3.05) is 6.61 Å². The number of hydrogen-bond donors (Lipinski definition) is 0. The Balaban J connectivity index is 1.53. The monoisotopic (exact) mass is 621 g/mol. The van der Waals surface area contributed by atoms with Gasteiger partial charge in [-0.25, -0.2) is 4.79 Å². The lowest BCUT2D eigenvalue weighted by molar-refractivity contribution is -0.384. The molecule has 0 spiro atoms. The van der Waals surface area contributed by atoms with E-state index in [9.17, 15) is 14.9 Å². The maximum Gasteiger partial charge on any atom is 0.338 e. The second-order valence-electron chi connectivity index (χ2n) is 13.4. The Labute approximate surface area is 268 Å². The van der Waals surface area contributed by atoms with Gasteiger partial charge in [-0.3, -0.25) is 10.1 Å². The van der Waals surface area contributed by atoms with Crippen molar-refractivity contribution in [3.63, 3.8) is 0 Å². The fraction of sp³-hybridized carbons (Fsp3) is 0.342. The van der Waals surface area contributed by atoms with Crippen molar-refractivity contribution in [3.05, 3.63) is 123 Å². The van der Waals surface area contributed by atoms with E-state index in [1.807, 2.05) is 6.92 Å². The summed E-state index contributed by atoms with van der Waals surface area (Å²) in [5.74, 6) is 6.16. The topological polar surface area (TPSA) is 78.7 Å².